The van der Waals surface area contributed by atoms with Gasteiger partial charge in [-0.15, -0.1) is 0 Å². The zero-order chi connectivity index (χ0) is 16.4. The van der Waals surface area contributed by atoms with E-state index in [9.17, 15) is 14.7 Å². The van der Waals surface area contributed by atoms with Gasteiger partial charge in [0, 0.05) is 24.0 Å². The van der Waals surface area contributed by atoms with E-state index in [1.165, 1.54) is 12.1 Å². The van der Waals surface area contributed by atoms with E-state index in [1.807, 2.05) is 25.5 Å². The molecule has 0 bridgehead atoms. The number of ether oxygens (including phenoxy) is 1. The summed E-state index contributed by atoms with van der Waals surface area (Å²) in [5, 5.41) is 9.74. The highest BCUT2D eigenvalue weighted by Gasteiger charge is 2.18. The lowest BCUT2D eigenvalue weighted by atomic mass is 10.1. The maximum absolute atomic E-state index is 12.2. The fourth-order valence-corrected chi connectivity index (χ4v) is 2.24. The number of esters is 1. The van der Waals surface area contributed by atoms with Gasteiger partial charge in [-0.25, -0.2) is 4.79 Å². The second-order valence-corrected chi connectivity index (χ2v) is 5.36. The van der Waals surface area contributed by atoms with Crippen molar-refractivity contribution in [3.63, 3.8) is 0 Å². The average Bonchev–Trinajstić information content (AvgIpc) is 2.72. The number of Topliss-reactive ketones (excluding diaryl/α,β-unsaturated/α-hetero) is 1. The lowest BCUT2D eigenvalue weighted by molar-refractivity contribution is 0.0471. The van der Waals surface area contributed by atoms with Gasteiger partial charge in [0.25, 0.3) is 0 Å². The van der Waals surface area contributed by atoms with Crippen molar-refractivity contribution in [1.82, 2.24) is 4.57 Å². The molecule has 5 nitrogen and oxygen atoms in total. The molecule has 5 heteroatoms. The van der Waals surface area contributed by atoms with E-state index < -0.39 is 5.97 Å². The summed E-state index contributed by atoms with van der Waals surface area (Å²) in [7, 11) is 1.87. The number of hydrogen-bond acceptors (Lipinski definition) is 4. The second kappa shape index (κ2) is 6.05. The van der Waals surface area contributed by atoms with Crippen molar-refractivity contribution in [2.45, 2.75) is 20.8 Å². The molecule has 0 saturated heterocycles. The van der Waals surface area contributed by atoms with Crippen molar-refractivity contribution in [3.05, 3.63) is 52.3 Å². The molecular formula is C17H19NO4. The molecule has 0 aliphatic rings. The van der Waals surface area contributed by atoms with Gasteiger partial charge in [-0.1, -0.05) is 6.07 Å². The number of aromatic nitrogens is 1. The van der Waals surface area contributed by atoms with Gasteiger partial charge in [-0.05, 0) is 44.5 Å². The predicted octanol–water partition coefficient (Wildman–Crippen LogP) is 2.70. The van der Waals surface area contributed by atoms with Crippen LogP contribution in [0.3, 0.4) is 0 Å². The Kier molecular flexibility index (Phi) is 4.35. The Morgan fingerprint density at radius 2 is 1.82 bits per heavy atom. The van der Waals surface area contributed by atoms with Crippen molar-refractivity contribution in [2.75, 3.05) is 6.61 Å². The molecule has 22 heavy (non-hydrogen) atoms. The number of nitrogens with zero attached hydrogens (tertiary/aromatic N) is 1. The molecule has 0 fully saturated rings. The Balaban J connectivity index is 2.07. The summed E-state index contributed by atoms with van der Waals surface area (Å²) in [6, 6.07) is 6.43. The van der Waals surface area contributed by atoms with Gasteiger partial charge < -0.3 is 14.4 Å². The van der Waals surface area contributed by atoms with Crippen molar-refractivity contribution in [1.29, 1.82) is 0 Å². The molecule has 1 aromatic heterocycles. The first-order chi connectivity index (χ1) is 10.3. The SMILES string of the molecule is Cc1ccc(C(=O)OCC(=O)c2cc(C)n(C)c2C)c(O)c1. The fraction of sp³-hybridized carbons (Fsp3) is 0.294. The van der Waals surface area contributed by atoms with Crippen molar-refractivity contribution < 1.29 is 19.4 Å². The number of ketones is 1. The van der Waals surface area contributed by atoms with Gasteiger partial charge >= 0.3 is 5.97 Å². The monoisotopic (exact) mass is 301 g/mol. The molecule has 0 amide bonds. The molecule has 1 heterocycles. The number of rotatable bonds is 4. The van der Waals surface area contributed by atoms with Crippen LogP contribution in [0.5, 0.6) is 5.75 Å². The number of carbonyl (C=O) groups is 2. The quantitative estimate of drug-likeness (QED) is 0.696. The van der Waals surface area contributed by atoms with Gasteiger partial charge in [-0.3, -0.25) is 4.79 Å². The molecule has 2 aromatic rings. The molecule has 0 saturated carbocycles. The summed E-state index contributed by atoms with van der Waals surface area (Å²) in [5.74, 6) is -1.12. The van der Waals surface area contributed by atoms with Crippen LogP contribution in [-0.2, 0) is 11.8 Å². The molecule has 0 aliphatic carbocycles. The van der Waals surface area contributed by atoms with E-state index >= 15 is 0 Å². The largest absolute Gasteiger partial charge is 0.507 e. The minimum Gasteiger partial charge on any atom is -0.507 e. The van der Waals surface area contributed by atoms with Crippen LogP contribution < -0.4 is 0 Å². The summed E-state index contributed by atoms with van der Waals surface area (Å²) in [6.07, 6.45) is 0. The van der Waals surface area contributed by atoms with E-state index in [2.05, 4.69) is 0 Å². The van der Waals surface area contributed by atoms with E-state index in [-0.39, 0.29) is 23.7 Å². The average molecular weight is 301 g/mol. The van der Waals surface area contributed by atoms with Crippen molar-refractivity contribution in [3.8, 4) is 5.75 Å². The van der Waals surface area contributed by atoms with Gasteiger partial charge in [0.1, 0.15) is 11.3 Å². The van der Waals surface area contributed by atoms with Crippen LogP contribution in [0.1, 0.15) is 37.7 Å². The number of hydrogen-bond donors (Lipinski definition) is 1. The van der Waals surface area contributed by atoms with Crippen LogP contribution in [0.25, 0.3) is 0 Å². The third-order valence-electron chi connectivity index (χ3n) is 3.78. The summed E-state index contributed by atoms with van der Waals surface area (Å²) in [4.78, 5) is 24.1. The van der Waals surface area contributed by atoms with Crippen LogP contribution in [0.4, 0.5) is 0 Å². The molecule has 0 unspecified atom stereocenters. The lowest BCUT2D eigenvalue weighted by Crippen LogP contribution is -2.15. The third kappa shape index (κ3) is 3.03. The molecule has 116 valence electrons. The van der Waals surface area contributed by atoms with Crippen LogP contribution in [0.2, 0.25) is 0 Å². The number of phenols is 1. The highest BCUT2D eigenvalue weighted by Crippen LogP contribution is 2.20. The topological polar surface area (TPSA) is 68.5 Å². The highest BCUT2D eigenvalue weighted by molar-refractivity contribution is 6.00. The number of carbonyl (C=O) groups excluding carboxylic acids is 2. The Hall–Kier alpha value is -2.56. The molecule has 2 rings (SSSR count). The minimum atomic E-state index is -0.712. The van der Waals surface area contributed by atoms with Crippen LogP contribution >= 0.6 is 0 Å². The highest BCUT2D eigenvalue weighted by atomic mass is 16.5. The molecular weight excluding hydrogens is 282 g/mol. The van der Waals surface area contributed by atoms with Crippen molar-refractivity contribution >= 4 is 11.8 Å². The normalized spacial score (nSPS) is 10.5. The molecule has 0 spiro atoms. The Labute approximate surface area is 129 Å². The molecule has 0 radical (unpaired) electrons. The first-order valence-corrected chi connectivity index (χ1v) is 6.94. The summed E-state index contributed by atoms with van der Waals surface area (Å²) < 4.78 is 6.92. The first kappa shape index (κ1) is 15.8. The van der Waals surface area contributed by atoms with E-state index in [1.54, 1.807) is 19.1 Å². The molecule has 1 aromatic carbocycles. The summed E-state index contributed by atoms with van der Waals surface area (Å²) in [5.41, 5.74) is 3.22. The zero-order valence-electron chi connectivity index (χ0n) is 13.1. The zero-order valence-corrected chi connectivity index (χ0v) is 13.1. The van der Waals surface area contributed by atoms with E-state index in [0.29, 0.717) is 5.56 Å². The smallest absolute Gasteiger partial charge is 0.342 e. The second-order valence-electron chi connectivity index (χ2n) is 5.36. The lowest BCUT2D eigenvalue weighted by Gasteiger charge is -2.07. The first-order valence-electron chi connectivity index (χ1n) is 6.94. The van der Waals surface area contributed by atoms with Gasteiger partial charge in [0.2, 0.25) is 5.78 Å². The Morgan fingerprint density at radius 3 is 2.36 bits per heavy atom. The van der Waals surface area contributed by atoms with Crippen LogP contribution in [-0.4, -0.2) is 28.0 Å². The van der Waals surface area contributed by atoms with Crippen LogP contribution in [0.15, 0.2) is 24.3 Å². The van der Waals surface area contributed by atoms with Gasteiger partial charge in [0.05, 0.1) is 0 Å². The maximum atomic E-state index is 12.2. The van der Waals surface area contributed by atoms with E-state index in [0.717, 1.165) is 17.0 Å². The standard InChI is InChI=1S/C17H19NO4/c1-10-5-6-13(15(19)7-10)17(21)22-9-16(20)14-8-11(2)18(4)12(14)3/h5-8,19H,9H2,1-4H3. The fourth-order valence-electron chi connectivity index (χ4n) is 2.24. The van der Waals surface area contributed by atoms with Gasteiger partial charge in [-0.2, -0.15) is 0 Å². The summed E-state index contributed by atoms with van der Waals surface area (Å²) in [6.45, 7) is 5.20. The Bertz CT molecular complexity index is 743. The molecule has 0 atom stereocenters. The summed E-state index contributed by atoms with van der Waals surface area (Å²) >= 11 is 0. The van der Waals surface area contributed by atoms with Gasteiger partial charge in [0.15, 0.2) is 6.61 Å². The van der Waals surface area contributed by atoms with Crippen LogP contribution in [0, 0.1) is 20.8 Å². The third-order valence-corrected chi connectivity index (χ3v) is 3.78. The molecule has 0 aliphatic heterocycles. The maximum Gasteiger partial charge on any atom is 0.342 e. The number of aromatic hydroxyl groups is 1. The molecule has 1 N–H and O–H groups in total. The van der Waals surface area contributed by atoms with Crippen molar-refractivity contribution in [2.24, 2.45) is 7.05 Å². The predicted molar refractivity (Wildman–Crippen MR) is 82.3 cm³/mol. The van der Waals surface area contributed by atoms with E-state index in [4.69, 9.17) is 4.74 Å². The number of benzene rings is 1. The minimum absolute atomic E-state index is 0.0550. The number of phenolic OH excluding ortho intramolecular Hbond substituents is 1. The number of aryl methyl sites for hydroxylation is 2. The Morgan fingerprint density at radius 1 is 1.14 bits per heavy atom.